The summed E-state index contributed by atoms with van der Waals surface area (Å²) in [4.78, 5) is 15.9. The first kappa shape index (κ1) is 15.5. The van der Waals surface area contributed by atoms with Crippen molar-refractivity contribution in [1.29, 1.82) is 0 Å². The van der Waals surface area contributed by atoms with Crippen molar-refractivity contribution in [3.8, 4) is 0 Å². The van der Waals surface area contributed by atoms with E-state index in [9.17, 15) is 0 Å². The van der Waals surface area contributed by atoms with Crippen LogP contribution in [0.1, 0.15) is 18.7 Å². The van der Waals surface area contributed by atoms with Crippen LogP contribution in [0.25, 0.3) is 0 Å². The second-order valence-electron chi connectivity index (χ2n) is 3.99. The van der Waals surface area contributed by atoms with E-state index >= 15 is 0 Å². The van der Waals surface area contributed by atoms with E-state index in [1.807, 2.05) is 10.3 Å². The Morgan fingerprint density at radius 1 is 1.30 bits per heavy atom. The lowest BCUT2D eigenvalue weighted by molar-refractivity contribution is 0.811. The average molecular weight is 377 g/mol. The van der Waals surface area contributed by atoms with Gasteiger partial charge in [-0.05, 0) is 47.4 Å². The minimum atomic E-state index is 0.205. The summed E-state index contributed by atoms with van der Waals surface area (Å²) in [6, 6.07) is 2.06. The molecule has 2 aromatic heterocycles. The first-order chi connectivity index (χ1) is 9.62. The van der Waals surface area contributed by atoms with Gasteiger partial charge in [-0.25, -0.2) is 0 Å². The fraction of sp³-hybridized carbons (Fsp3) is 0.417. The Balaban J connectivity index is 2.11. The molecule has 0 aromatic carbocycles. The van der Waals surface area contributed by atoms with Gasteiger partial charge in [0.2, 0.25) is 17.2 Å². The highest BCUT2D eigenvalue weighted by Crippen LogP contribution is 2.21. The van der Waals surface area contributed by atoms with Gasteiger partial charge in [0, 0.05) is 27.8 Å². The molecule has 2 heterocycles. The molecule has 1 N–H and O–H groups in total. The summed E-state index contributed by atoms with van der Waals surface area (Å²) >= 11 is 11.1. The Kier molecular flexibility index (Phi) is 5.56. The topological polar surface area (TPSA) is 53.9 Å². The van der Waals surface area contributed by atoms with Gasteiger partial charge >= 0.3 is 0 Å². The lowest BCUT2D eigenvalue weighted by Crippen LogP contribution is -2.25. The summed E-state index contributed by atoms with van der Waals surface area (Å²) in [7, 11) is 0. The van der Waals surface area contributed by atoms with Crippen LogP contribution in [0.2, 0.25) is 5.28 Å². The van der Waals surface area contributed by atoms with Crippen LogP contribution in [0.15, 0.2) is 15.9 Å². The number of halogens is 2. The van der Waals surface area contributed by atoms with E-state index in [1.165, 1.54) is 4.88 Å². The van der Waals surface area contributed by atoms with E-state index in [1.54, 1.807) is 11.3 Å². The monoisotopic (exact) mass is 375 g/mol. The zero-order chi connectivity index (χ0) is 14.5. The molecule has 5 nitrogen and oxygen atoms in total. The second-order valence-corrected chi connectivity index (χ2v) is 6.23. The highest BCUT2D eigenvalue weighted by atomic mass is 79.9. The molecule has 0 bridgehead atoms. The van der Waals surface area contributed by atoms with Gasteiger partial charge in [0.25, 0.3) is 0 Å². The normalized spacial score (nSPS) is 10.6. The molecule has 0 aliphatic heterocycles. The summed E-state index contributed by atoms with van der Waals surface area (Å²) in [6.45, 7) is 6.42. The zero-order valence-corrected chi connectivity index (χ0v) is 14.4. The predicted molar refractivity (Wildman–Crippen MR) is 87.7 cm³/mol. The van der Waals surface area contributed by atoms with Gasteiger partial charge < -0.3 is 10.2 Å². The van der Waals surface area contributed by atoms with Crippen molar-refractivity contribution in [3.63, 3.8) is 0 Å². The SMILES string of the molecule is CCN(CC)c1nc(Cl)nc(NCc2cc(Br)cs2)n1. The molecule has 2 rings (SSSR count). The smallest absolute Gasteiger partial charge is 0.231 e. The first-order valence-corrected chi connectivity index (χ1v) is 8.30. The first-order valence-electron chi connectivity index (χ1n) is 6.25. The Bertz CT molecular complexity index is 573. The average Bonchev–Trinajstić information content (AvgIpc) is 2.83. The van der Waals surface area contributed by atoms with Gasteiger partial charge in [-0.1, -0.05) is 0 Å². The quantitative estimate of drug-likeness (QED) is 0.831. The molecule has 0 spiro atoms. The molecule has 8 heteroatoms. The lowest BCUT2D eigenvalue weighted by Gasteiger charge is -2.18. The van der Waals surface area contributed by atoms with Crippen molar-refractivity contribution < 1.29 is 0 Å². The van der Waals surface area contributed by atoms with Crippen molar-refractivity contribution >= 4 is 50.8 Å². The summed E-state index contributed by atoms with van der Waals surface area (Å²) in [5.41, 5.74) is 0. The van der Waals surface area contributed by atoms with Crippen molar-refractivity contribution in [1.82, 2.24) is 15.0 Å². The molecule has 0 aliphatic carbocycles. The van der Waals surface area contributed by atoms with Gasteiger partial charge in [-0.2, -0.15) is 15.0 Å². The minimum Gasteiger partial charge on any atom is -0.349 e. The van der Waals surface area contributed by atoms with Gasteiger partial charge in [-0.3, -0.25) is 0 Å². The minimum absolute atomic E-state index is 0.205. The van der Waals surface area contributed by atoms with Crippen molar-refractivity contribution in [3.05, 3.63) is 26.1 Å². The Morgan fingerprint density at radius 2 is 2.05 bits per heavy atom. The van der Waals surface area contributed by atoms with E-state index in [4.69, 9.17) is 11.6 Å². The van der Waals surface area contributed by atoms with Gasteiger partial charge in [0.1, 0.15) is 0 Å². The summed E-state index contributed by atoms with van der Waals surface area (Å²) < 4.78 is 1.08. The number of aromatic nitrogens is 3. The molecule has 108 valence electrons. The molecule has 0 radical (unpaired) electrons. The molecule has 0 unspecified atom stereocenters. The van der Waals surface area contributed by atoms with Crippen LogP contribution in [0.4, 0.5) is 11.9 Å². The van der Waals surface area contributed by atoms with Gasteiger partial charge in [-0.15, -0.1) is 11.3 Å². The summed E-state index contributed by atoms with van der Waals surface area (Å²) in [6.07, 6.45) is 0. The number of hydrogen-bond donors (Lipinski definition) is 1. The van der Waals surface area contributed by atoms with Crippen molar-refractivity contribution in [2.24, 2.45) is 0 Å². The van der Waals surface area contributed by atoms with Gasteiger partial charge in [0.15, 0.2) is 0 Å². The van der Waals surface area contributed by atoms with E-state index in [2.05, 4.69) is 56.1 Å². The molecule has 20 heavy (non-hydrogen) atoms. The molecule has 0 atom stereocenters. The largest absolute Gasteiger partial charge is 0.349 e. The number of nitrogens with zero attached hydrogens (tertiary/aromatic N) is 4. The third kappa shape index (κ3) is 4.04. The lowest BCUT2D eigenvalue weighted by atomic mass is 10.5. The molecule has 0 saturated carbocycles. The summed E-state index contributed by atoms with van der Waals surface area (Å²) in [5.74, 6) is 1.10. The van der Waals surface area contributed by atoms with Crippen LogP contribution >= 0.6 is 38.9 Å². The van der Waals surface area contributed by atoms with Crippen LogP contribution in [0.3, 0.4) is 0 Å². The molecule has 0 amide bonds. The molecular weight excluding hydrogens is 362 g/mol. The molecule has 0 fully saturated rings. The third-order valence-corrected chi connectivity index (χ3v) is 4.55. The van der Waals surface area contributed by atoms with Crippen LogP contribution in [0, 0.1) is 0 Å². The number of thiophene rings is 1. The van der Waals surface area contributed by atoms with Crippen molar-refractivity contribution in [2.75, 3.05) is 23.3 Å². The maximum Gasteiger partial charge on any atom is 0.231 e. The molecule has 0 aliphatic rings. The molecule has 0 saturated heterocycles. The Morgan fingerprint density at radius 3 is 2.65 bits per heavy atom. The maximum absolute atomic E-state index is 5.96. The molecule has 2 aromatic rings. The summed E-state index contributed by atoms with van der Waals surface area (Å²) in [5, 5.41) is 5.42. The van der Waals surface area contributed by atoms with E-state index in [0.29, 0.717) is 18.4 Å². The number of rotatable bonds is 6. The van der Waals surface area contributed by atoms with Crippen LogP contribution < -0.4 is 10.2 Å². The number of anilines is 2. The van der Waals surface area contributed by atoms with Crippen molar-refractivity contribution in [2.45, 2.75) is 20.4 Å². The third-order valence-electron chi connectivity index (χ3n) is 2.69. The fourth-order valence-corrected chi connectivity index (χ4v) is 3.23. The Hall–Kier alpha value is -0.920. The maximum atomic E-state index is 5.96. The Labute approximate surface area is 135 Å². The molecular formula is C12H15BrClN5S. The number of nitrogens with one attached hydrogen (secondary N) is 1. The number of hydrogen-bond acceptors (Lipinski definition) is 6. The highest BCUT2D eigenvalue weighted by molar-refractivity contribution is 9.10. The van der Waals surface area contributed by atoms with Crippen LogP contribution in [-0.2, 0) is 6.54 Å². The van der Waals surface area contributed by atoms with Crippen LogP contribution in [-0.4, -0.2) is 28.0 Å². The second kappa shape index (κ2) is 7.19. The van der Waals surface area contributed by atoms with Crippen LogP contribution in [0.5, 0.6) is 0 Å². The highest BCUT2D eigenvalue weighted by Gasteiger charge is 2.10. The fourth-order valence-electron chi connectivity index (χ4n) is 1.68. The van der Waals surface area contributed by atoms with E-state index < -0.39 is 0 Å². The zero-order valence-electron chi connectivity index (χ0n) is 11.2. The van der Waals surface area contributed by atoms with E-state index in [0.717, 1.165) is 17.6 Å². The van der Waals surface area contributed by atoms with Gasteiger partial charge in [0.05, 0.1) is 6.54 Å². The van der Waals surface area contributed by atoms with E-state index in [-0.39, 0.29) is 5.28 Å². The predicted octanol–water partition coefficient (Wildman–Crippen LogP) is 3.81. The standard InChI is InChI=1S/C12H15BrClN5S/c1-3-19(4-2)12-17-10(14)16-11(18-12)15-6-9-5-8(13)7-20-9/h5,7H,3-4,6H2,1-2H3,(H,15,16,17,18).